The predicted octanol–water partition coefficient (Wildman–Crippen LogP) is 5.92. The van der Waals surface area contributed by atoms with E-state index in [2.05, 4.69) is 48.5 Å². The normalized spacial score (nSPS) is 19.0. The highest BCUT2D eigenvalue weighted by Gasteiger charge is 2.48. The van der Waals surface area contributed by atoms with Crippen LogP contribution >= 0.6 is 35.1 Å². The van der Waals surface area contributed by atoms with Crippen LogP contribution in [0.25, 0.3) is 11.1 Å². The van der Waals surface area contributed by atoms with Gasteiger partial charge in [0.25, 0.3) is 0 Å². The summed E-state index contributed by atoms with van der Waals surface area (Å²) in [4.78, 5) is 0. The lowest BCUT2D eigenvalue weighted by atomic mass is 9.97. The Bertz CT molecular complexity index is 803. The second-order valence-corrected chi connectivity index (χ2v) is 8.97. The van der Waals surface area contributed by atoms with E-state index >= 15 is 0 Å². The fourth-order valence-corrected chi connectivity index (χ4v) is 7.23. The summed E-state index contributed by atoms with van der Waals surface area (Å²) in [5.74, 6) is 3.14. The van der Waals surface area contributed by atoms with Gasteiger partial charge in [-0.3, -0.25) is 0 Å². The van der Waals surface area contributed by atoms with Gasteiger partial charge in [-0.1, -0.05) is 54.1 Å². The van der Waals surface area contributed by atoms with Crippen molar-refractivity contribution in [3.05, 3.63) is 76.8 Å². The van der Waals surface area contributed by atoms with Gasteiger partial charge in [-0.2, -0.15) is 0 Å². The van der Waals surface area contributed by atoms with E-state index in [-0.39, 0.29) is 4.08 Å². The lowest BCUT2D eigenvalue weighted by Gasteiger charge is -2.30. The molecule has 122 valence electrons. The van der Waals surface area contributed by atoms with Crippen molar-refractivity contribution >= 4 is 46.3 Å². The van der Waals surface area contributed by atoms with Gasteiger partial charge < -0.3 is 4.74 Å². The summed E-state index contributed by atoms with van der Waals surface area (Å²) in [6.45, 7) is 0. The van der Waals surface area contributed by atoms with Crippen molar-refractivity contribution in [3.8, 4) is 5.75 Å². The molecule has 0 atom stereocenters. The zero-order chi connectivity index (χ0) is 16.6. The van der Waals surface area contributed by atoms with Gasteiger partial charge in [0.1, 0.15) is 9.83 Å². The number of allylic oxidation sites excluding steroid dienone is 2. The Balaban J connectivity index is 1.81. The molecular weight excluding hydrogens is 356 g/mol. The molecule has 4 heteroatoms. The molecule has 2 aliphatic rings. The number of methoxy groups -OCH3 is 1. The minimum absolute atomic E-state index is 0.104. The number of hydrogen-bond acceptors (Lipinski definition) is 3. The van der Waals surface area contributed by atoms with Crippen LogP contribution in [0, 0.1) is 0 Å². The van der Waals surface area contributed by atoms with Gasteiger partial charge in [0, 0.05) is 22.1 Å². The average molecular weight is 373 g/mol. The predicted molar refractivity (Wildman–Crippen MR) is 108 cm³/mol. The van der Waals surface area contributed by atoms with Gasteiger partial charge in [0.15, 0.2) is 0 Å². The van der Waals surface area contributed by atoms with E-state index in [0.717, 1.165) is 22.3 Å². The number of hydrogen-bond donors (Lipinski definition) is 0. The standard InChI is InChI=1S/C20H17ClOS2/c1-22-16-9-7-15(8-10-16)19-18(21)13-17(14-5-3-2-4-6-14)20(19)23-11-12-24-20/h2-10,13H,11-12H2,1H3. The van der Waals surface area contributed by atoms with Crippen LogP contribution in [0.2, 0.25) is 0 Å². The first-order valence-electron chi connectivity index (χ1n) is 7.85. The molecule has 1 fully saturated rings. The van der Waals surface area contributed by atoms with Crippen molar-refractivity contribution < 1.29 is 4.74 Å². The summed E-state index contributed by atoms with van der Waals surface area (Å²) in [6.07, 6.45) is 2.15. The molecule has 0 bridgehead atoms. The molecule has 1 aliphatic carbocycles. The fourth-order valence-electron chi connectivity index (χ4n) is 3.27. The summed E-state index contributed by atoms with van der Waals surface area (Å²) in [7, 11) is 1.69. The van der Waals surface area contributed by atoms with Crippen molar-refractivity contribution in [2.45, 2.75) is 4.08 Å². The third-order valence-electron chi connectivity index (χ3n) is 4.35. The van der Waals surface area contributed by atoms with Crippen molar-refractivity contribution in [3.63, 3.8) is 0 Å². The fraction of sp³-hybridized carbons (Fsp3) is 0.200. The van der Waals surface area contributed by atoms with Gasteiger partial charge >= 0.3 is 0 Å². The minimum atomic E-state index is -0.104. The molecule has 0 amide bonds. The van der Waals surface area contributed by atoms with E-state index < -0.39 is 0 Å². The zero-order valence-corrected chi connectivity index (χ0v) is 15.7. The first-order valence-corrected chi connectivity index (χ1v) is 10.2. The number of ether oxygens (including phenoxy) is 1. The Morgan fingerprint density at radius 1 is 0.917 bits per heavy atom. The third-order valence-corrected chi connectivity index (χ3v) is 8.09. The Labute approximate surface area is 156 Å². The number of rotatable bonds is 3. The molecule has 2 aromatic rings. The summed E-state index contributed by atoms with van der Waals surface area (Å²) in [5, 5.41) is 0.848. The highest BCUT2D eigenvalue weighted by Crippen LogP contribution is 2.63. The molecule has 1 nitrogen and oxygen atoms in total. The van der Waals surface area contributed by atoms with Crippen molar-refractivity contribution in [2.24, 2.45) is 0 Å². The van der Waals surface area contributed by atoms with E-state index in [1.807, 2.05) is 35.7 Å². The first-order chi connectivity index (χ1) is 11.7. The summed E-state index contributed by atoms with van der Waals surface area (Å²) < 4.78 is 5.19. The molecule has 1 spiro atoms. The lowest BCUT2D eigenvalue weighted by Crippen LogP contribution is -2.19. The van der Waals surface area contributed by atoms with E-state index in [1.165, 1.54) is 22.3 Å². The smallest absolute Gasteiger partial charge is 0.118 e. The topological polar surface area (TPSA) is 9.23 Å². The lowest BCUT2D eigenvalue weighted by molar-refractivity contribution is 0.415. The van der Waals surface area contributed by atoms with Gasteiger partial charge in [0.2, 0.25) is 0 Å². The van der Waals surface area contributed by atoms with Crippen LogP contribution in [0.1, 0.15) is 11.1 Å². The molecule has 1 aliphatic heterocycles. The van der Waals surface area contributed by atoms with Crippen LogP contribution in [0.5, 0.6) is 5.75 Å². The zero-order valence-electron chi connectivity index (χ0n) is 13.3. The highest BCUT2D eigenvalue weighted by molar-refractivity contribution is 8.22. The molecule has 0 saturated carbocycles. The van der Waals surface area contributed by atoms with Gasteiger partial charge in [0.05, 0.1) is 7.11 Å². The number of halogens is 1. The van der Waals surface area contributed by atoms with Crippen molar-refractivity contribution in [1.29, 1.82) is 0 Å². The van der Waals surface area contributed by atoms with Crippen LogP contribution in [0.15, 0.2) is 65.7 Å². The maximum atomic E-state index is 6.75. The summed E-state index contributed by atoms with van der Waals surface area (Å²) in [6, 6.07) is 18.8. The molecule has 4 rings (SSSR count). The largest absolute Gasteiger partial charge is 0.497 e. The Kier molecular flexibility index (Phi) is 4.42. The second kappa shape index (κ2) is 6.55. The molecule has 2 aromatic carbocycles. The third kappa shape index (κ3) is 2.59. The van der Waals surface area contributed by atoms with Crippen molar-refractivity contribution in [1.82, 2.24) is 0 Å². The Morgan fingerprint density at radius 2 is 1.58 bits per heavy atom. The molecule has 0 N–H and O–H groups in total. The second-order valence-electron chi connectivity index (χ2n) is 5.69. The maximum Gasteiger partial charge on any atom is 0.118 e. The summed E-state index contributed by atoms with van der Waals surface area (Å²) >= 11 is 10.7. The quantitative estimate of drug-likeness (QED) is 0.661. The van der Waals surface area contributed by atoms with Crippen LogP contribution in [0.4, 0.5) is 0 Å². The molecule has 0 unspecified atom stereocenters. The highest BCUT2D eigenvalue weighted by atomic mass is 35.5. The molecule has 24 heavy (non-hydrogen) atoms. The SMILES string of the molecule is COc1ccc(C2=C(Cl)C=C(c3ccccc3)C23SCCS3)cc1. The van der Waals surface area contributed by atoms with E-state index in [4.69, 9.17) is 16.3 Å². The Morgan fingerprint density at radius 3 is 2.21 bits per heavy atom. The van der Waals surface area contributed by atoms with Gasteiger partial charge in [-0.15, -0.1) is 23.5 Å². The van der Waals surface area contributed by atoms with E-state index in [0.29, 0.717) is 0 Å². The van der Waals surface area contributed by atoms with Crippen LogP contribution < -0.4 is 4.74 Å². The van der Waals surface area contributed by atoms with Crippen LogP contribution in [-0.2, 0) is 0 Å². The van der Waals surface area contributed by atoms with Gasteiger partial charge in [-0.25, -0.2) is 0 Å². The number of benzene rings is 2. The van der Waals surface area contributed by atoms with Crippen molar-refractivity contribution in [2.75, 3.05) is 18.6 Å². The van der Waals surface area contributed by atoms with Crippen LogP contribution in [-0.4, -0.2) is 22.7 Å². The molecule has 0 radical (unpaired) electrons. The first kappa shape index (κ1) is 16.2. The summed E-state index contributed by atoms with van der Waals surface area (Å²) in [5.41, 5.74) is 4.95. The molecule has 1 saturated heterocycles. The van der Waals surface area contributed by atoms with E-state index in [1.54, 1.807) is 7.11 Å². The Hall–Kier alpha value is -1.29. The monoisotopic (exact) mass is 372 g/mol. The van der Waals surface area contributed by atoms with E-state index in [9.17, 15) is 0 Å². The maximum absolute atomic E-state index is 6.75. The number of thioether (sulfide) groups is 2. The molecule has 1 heterocycles. The minimum Gasteiger partial charge on any atom is -0.497 e. The average Bonchev–Trinajstić information content (AvgIpc) is 3.22. The molecule has 0 aromatic heterocycles. The van der Waals surface area contributed by atoms with Crippen LogP contribution in [0.3, 0.4) is 0 Å². The van der Waals surface area contributed by atoms with Gasteiger partial charge in [-0.05, 0) is 34.9 Å². The molecular formula is C20H17ClOS2.